The van der Waals surface area contributed by atoms with Gasteiger partial charge in [-0.1, -0.05) is 6.92 Å². The van der Waals surface area contributed by atoms with E-state index in [1.807, 2.05) is 13.8 Å². The Bertz CT molecular complexity index is 321. The zero-order valence-electron chi connectivity index (χ0n) is 12.0. The lowest BCUT2D eigenvalue weighted by atomic mass is 10.1. The van der Waals surface area contributed by atoms with Crippen LogP contribution in [0.1, 0.15) is 33.6 Å². The molecule has 0 saturated heterocycles. The molecule has 1 fully saturated rings. The molecule has 0 heterocycles. The first kappa shape index (κ1) is 16.3. The minimum absolute atomic E-state index is 0.0511. The molecule has 0 radical (unpaired) electrons. The minimum atomic E-state index is -0.727. The molecule has 0 aromatic heterocycles. The summed E-state index contributed by atoms with van der Waals surface area (Å²) in [4.78, 5) is 23.5. The molecular formula is C13H24N2O3S. The highest BCUT2D eigenvalue weighted by molar-refractivity contribution is 8.00. The molecule has 1 atom stereocenters. The summed E-state index contributed by atoms with van der Waals surface area (Å²) in [7, 11) is 0. The van der Waals surface area contributed by atoms with Gasteiger partial charge in [0.15, 0.2) is 0 Å². The average molecular weight is 288 g/mol. The molecule has 1 unspecified atom stereocenters. The summed E-state index contributed by atoms with van der Waals surface area (Å²) in [6, 6.07) is 0.387. The lowest BCUT2D eigenvalue weighted by molar-refractivity contribution is -0.149. The number of carbonyl (C=O) groups excluding carboxylic acids is 2. The van der Waals surface area contributed by atoms with E-state index in [2.05, 4.69) is 10.6 Å². The Morgan fingerprint density at radius 2 is 2.05 bits per heavy atom. The van der Waals surface area contributed by atoms with Crippen molar-refractivity contribution in [3.05, 3.63) is 0 Å². The summed E-state index contributed by atoms with van der Waals surface area (Å²) in [6.07, 6.45) is 2.18. The summed E-state index contributed by atoms with van der Waals surface area (Å²) in [5.74, 6) is 0.705. The number of hydrogen-bond acceptors (Lipinski definition) is 5. The van der Waals surface area contributed by atoms with Crippen LogP contribution < -0.4 is 10.6 Å². The quantitative estimate of drug-likeness (QED) is 0.618. The van der Waals surface area contributed by atoms with Crippen molar-refractivity contribution in [2.75, 3.05) is 24.7 Å². The van der Waals surface area contributed by atoms with Crippen LogP contribution in [0.5, 0.6) is 0 Å². The molecule has 1 rings (SSSR count). The van der Waals surface area contributed by atoms with Crippen molar-refractivity contribution in [1.82, 2.24) is 10.6 Å². The molecule has 0 aliphatic heterocycles. The molecule has 6 heteroatoms. The van der Waals surface area contributed by atoms with E-state index in [0.717, 1.165) is 12.8 Å². The maximum atomic E-state index is 11.9. The Kier molecular flexibility index (Phi) is 6.65. The molecule has 0 bridgehead atoms. The third-order valence-electron chi connectivity index (χ3n) is 2.86. The van der Waals surface area contributed by atoms with Gasteiger partial charge in [0.1, 0.15) is 5.54 Å². The predicted molar refractivity (Wildman–Crippen MR) is 77.2 cm³/mol. The monoisotopic (exact) mass is 288 g/mol. The first-order valence-corrected chi connectivity index (χ1v) is 7.96. The number of thioether (sulfide) groups is 1. The lowest BCUT2D eigenvalue weighted by Gasteiger charge is -2.27. The van der Waals surface area contributed by atoms with Gasteiger partial charge in [-0.15, -0.1) is 11.8 Å². The van der Waals surface area contributed by atoms with Gasteiger partial charge in [0.2, 0.25) is 5.91 Å². The molecule has 110 valence electrons. The summed E-state index contributed by atoms with van der Waals surface area (Å²) >= 11 is 1.46. The molecule has 1 amide bonds. The first-order valence-electron chi connectivity index (χ1n) is 6.81. The molecule has 0 spiro atoms. The van der Waals surface area contributed by atoms with Crippen LogP contribution in [-0.4, -0.2) is 48.1 Å². The highest BCUT2D eigenvalue weighted by Gasteiger charge is 2.34. The Morgan fingerprint density at radius 3 is 2.58 bits per heavy atom. The van der Waals surface area contributed by atoms with Crippen LogP contribution in [0.2, 0.25) is 0 Å². The van der Waals surface area contributed by atoms with Gasteiger partial charge in [0.25, 0.3) is 0 Å². The Hall–Kier alpha value is -0.750. The van der Waals surface area contributed by atoms with Crippen LogP contribution in [0.25, 0.3) is 0 Å². The largest absolute Gasteiger partial charge is 0.465 e. The predicted octanol–water partition coefficient (Wildman–Crippen LogP) is 0.929. The van der Waals surface area contributed by atoms with E-state index in [9.17, 15) is 9.59 Å². The van der Waals surface area contributed by atoms with Gasteiger partial charge >= 0.3 is 5.97 Å². The molecule has 1 saturated carbocycles. The molecule has 1 aliphatic carbocycles. The number of rotatable bonds is 9. The number of carbonyl (C=O) groups is 2. The second-order valence-corrected chi connectivity index (χ2v) is 5.90. The van der Waals surface area contributed by atoms with Crippen LogP contribution in [0, 0.1) is 0 Å². The van der Waals surface area contributed by atoms with Crippen molar-refractivity contribution < 1.29 is 14.3 Å². The van der Waals surface area contributed by atoms with Crippen molar-refractivity contribution >= 4 is 23.6 Å². The number of ether oxygens (including phenoxy) is 1. The zero-order valence-corrected chi connectivity index (χ0v) is 12.8. The van der Waals surface area contributed by atoms with Crippen LogP contribution in [0.3, 0.4) is 0 Å². The summed E-state index contributed by atoms with van der Waals surface area (Å²) < 4.78 is 5.08. The van der Waals surface area contributed by atoms with E-state index in [-0.39, 0.29) is 11.9 Å². The average Bonchev–Trinajstić information content (AvgIpc) is 3.13. The van der Waals surface area contributed by atoms with Gasteiger partial charge in [-0.3, -0.25) is 9.59 Å². The van der Waals surface area contributed by atoms with Gasteiger partial charge < -0.3 is 15.4 Å². The van der Waals surface area contributed by atoms with Crippen LogP contribution in [0.4, 0.5) is 0 Å². The van der Waals surface area contributed by atoms with Crippen molar-refractivity contribution in [2.45, 2.75) is 45.2 Å². The molecule has 1 aliphatic rings. The normalized spacial score (nSPS) is 17.6. The van der Waals surface area contributed by atoms with Crippen molar-refractivity contribution in [1.29, 1.82) is 0 Å². The fourth-order valence-corrected chi connectivity index (χ4v) is 2.71. The number of likely N-dealkylation sites (N-methyl/N-ethyl adjacent to an activating group) is 1. The maximum absolute atomic E-state index is 11.9. The smallest absolute Gasteiger partial charge is 0.326 e. The Morgan fingerprint density at radius 1 is 1.37 bits per heavy atom. The fraction of sp³-hybridized carbons (Fsp3) is 0.846. The zero-order chi connectivity index (χ0) is 14.3. The third-order valence-corrected chi connectivity index (χ3v) is 4.11. The van der Waals surface area contributed by atoms with Gasteiger partial charge in [0.05, 0.1) is 12.4 Å². The van der Waals surface area contributed by atoms with Crippen molar-refractivity contribution in [3.63, 3.8) is 0 Å². The van der Waals surface area contributed by atoms with E-state index in [4.69, 9.17) is 4.74 Å². The van der Waals surface area contributed by atoms with Crippen molar-refractivity contribution in [2.24, 2.45) is 0 Å². The Balaban J connectivity index is 2.34. The Labute approximate surface area is 119 Å². The van der Waals surface area contributed by atoms with Gasteiger partial charge in [-0.2, -0.15) is 0 Å². The maximum Gasteiger partial charge on any atom is 0.326 e. The fourth-order valence-electron chi connectivity index (χ4n) is 1.71. The summed E-state index contributed by atoms with van der Waals surface area (Å²) in [5.41, 5.74) is -0.727. The molecule has 5 nitrogen and oxygen atoms in total. The topological polar surface area (TPSA) is 67.4 Å². The number of amides is 1. The van der Waals surface area contributed by atoms with Crippen LogP contribution in [-0.2, 0) is 14.3 Å². The summed E-state index contributed by atoms with van der Waals surface area (Å²) in [6.45, 7) is 6.61. The van der Waals surface area contributed by atoms with Gasteiger partial charge in [-0.25, -0.2) is 0 Å². The molecular weight excluding hydrogens is 264 g/mol. The highest BCUT2D eigenvalue weighted by Crippen LogP contribution is 2.19. The highest BCUT2D eigenvalue weighted by atomic mass is 32.2. The van der Waals surface area contributed by atoms with E-state index < -0.39 is 5.54 Å². The minimum Gasteiger partial charge on any atom is -0.465 e. The molecule has 2 N–H and O–H groups in total. The SMILES string of the molecule is CCNC(C)(CSCC(=O)NC1CC1)C(=O)OCC. The lowest BCUT2D eigenvalue weighted by Crippen LogP contribution is -2.52. The second kappa shape index (κ2) is 7.75. The standard InChI is InChI=1S/C13H24N2O3S/c1-4-14-13(3,12(17)18-5-2)9-19-8-11(16)15-10-6-7-10/h10,14H,4-9H2,1-3H3,(H,15,16). The number of nitrogens with one attached hydrogen (secondary N) is 2. The van der Waals surface area contributed by atoms with E-state index in [0.29, 0.717) is 30.7 Å². The number of esters is 1. The number of hydrogen-bond donors (Lipinski definition) is 2. The van der Waals surface area contributed by atoms with Crippen molar-refractivity contribution in [3.8, 4) is 0 Å². The first-order chi connectivity index (χ1) is 9.01. The van der Waals surface area contributed by atoms with Gasteiger partial charge in [-0.05, 0) is 33.2 Å². The second-order valence-electron chi connectivity index (χ2n) is 4.92. The van der Waals surface area contributed by atoms with E-state index >= 15 is 0 Å². The third kappa shape index (κ3) is 5.82. The van der Waals surface area contributed by atoms with Crippen LogP contribution >= 0.6 is 11.8 Å². The summed E-state index contributed by atoms with van der Waals surface area (Å²) in [5, 5.41) is 6.07. The van der Waals surface area contributed by atoms with E-state index in [1.54, 1.807) is 6.92 Å². The van der Waals surface area contributed by atoms with E-state index in [1.165, 1.54) is 11.8 Å². The molecule has 0 aromatic carbocycles. The van der Waals surface area contributed by atoms with Crippen LogP contribution in [0.15, 0.2) is 0 Å². The molecule has 0 aromatic rings. The molecule has 19 heavy (non-hydrogen) atoms. The van der Waals surface area contributed by atoms with Gasteiger partial charge in [0, 0.05) is 11.8 Å².